The Balaban J connectivity index is 1.70. The van der Waals surface area contributed by atoms with Crippen molar-refractivity contribution in [2.75, 3.05) is 20.6 Å². The normalized spacial score (nSPS) is 46.7. The molecule has 0 aromatic heterocycles. The molecule has 0 bridgehead atoms. The standard InChI is InChI=1S/C22H34N2O3/c1-21-9-10-24(4)18(26)11-13(21)5-6-14-15-7-8-16(20(27)23-3)22(15,2)12-17(25)19(14)21/h11,14-17,19,25H,5-10,12H2,1-4H3,(H,23,27)/t14?,15?,16-,17+,19?,21+,22+/m1/s1. The molecular weight excluding hydrogens is 340 g/mol. The van der Waals surface area contributed by atoms with Crippen LogP contribution in [0.25, 0.3) is 0 Å². The van der Waals surface area contributed by atoms with Crippen LogP contribution in [-0.2, 0) is 9.59 Å². The first-order valence-electron chi connectivity index (χ1n) is 10.6. The van der Waals surface area contributed by atoms with Crippen LogP contribution in [0.15, 0.2) is 11.6 Å². The first-order chi connectivity index (χ1) is 12.7. The molecule has 27 heavy (non-hydrogen) atoms. The molecule has 7 atom stereocenters. The Labute approximate surface area is 162 Å². The molecule has 0 saturated heterocycles. The summed E-state index contributed by atoms with van der Waals surface area (Å²) in [5.74, 6) is 1.36. The number of aliphatic hydroxyl groups excluding tert-OH is 1. The third-order valence-corrected chi connectivity index (χ3v) is 8.87. The molecule has 3 saturated carbocycles. The van der Waals surface area contributed by atoms with Crippen LogP contribution in [-0.4, -0.2) is 48.6 Å². The molecule has 1 heterocycles. The maximum absolute atomic E-state index is 12.5. The number of aliphatic hydroxyl groups is 1. The smallest absolute Gasteiger partial charge is 0.246 e. The van der Waals surface area contributed by atoms with E-state index in [0.717, 1.165) is 38.6 Å². The quantitative estimate of drug-likeness (QED) is 0.740. The summed E-state index contributed by atoms with van der Waals surface area (Å²) in [5, 5.41) is 14.2. The molecular formula is C22H34N2O3. The molecule has 4 aliphatic rings. The number of carbonyl (C=O) groups excluding carboxylic acids is 2. The maximum atomic E-state index is 12.5. The van der Waals surface area contributed by atoms with Crippen molar-refractivity contribution in [3.05, 3.63) is 11.6 Å². The molecule has 2 amide bonds. The molecule has 150 valence electrons. The van der Waals surface area contributed by atoms with E-state index in [0.29, 0.717) is 18.3 Å². The molecule has 4 rings (SSSR count). The van der Waals surface area contributed by atoms with Gasteiger partial charge in [0.05, 0.1) is 6.10 Å². The molecule has 1 aliphatic heterocycles. The van der Waals surface area contributed by atoms with Crippen LogP contribution >= 0.6 is 0 Å². The van der Waals surface area contributed by atoms with Crippen LogP contribution < -0.4 is 5.32 Å². The van der Waals surface area contributed by atoms with Crippen LogP contribution in [0.3, 0.4) is 0 Å². The highest BCUT2D eigenvalue weighted by molar-refractivity contribution is 5.88. The number of rotatable bonds is 1. The first-order valence-corrected chi connectivity index (χ1v) is 10.6. The number of carbonyl (C=O) groups is 2. The summed E-state index contributed by atoms with van der Waals surface area (Å²) in [4.78, 5) is 26.7. The van der Waals surface area contributed by atoms with E-state index in [1.54, 1.807) is 7.05 Å². The summed E-state index contributed by atoms with van der Waals surface area (Å²) in [5.41, 5.74) is 1.01. The summed E-state index contributed by atoms with van der Waals surface area (Å²) in [6.45, 7) is 5.26. The largest absolute Gasteiger partial charge is 0.393 e. The Morgan fingerprint density at radius 2 is 2.04 bits per heavy atom. The predicted molar refractivity (Wildman–Crippen MR) is 104 cm³/mol. The molecule has 3 unspecified atom stereocenters. The van der Waals surface area contributed by atoms with Crippen LogP contribution in [0.5, 0.6) is 0 Å². The number of hydrogen-bond acceptors (Lipinski definition) is 3. The van der Waals surface area contributed by atoms with Gasteiger partial charge in [-0.25, -0.2) is 0 Å². The summed E-state index contributed by atoms with van der Waals surface area (Å²) in [6, 6.07) is 0. The van der Waals surface area contributed by atoms with Gasteiger partial charge in [-0.15, -0.1) is 0 Å². The summed E-state index contributed by atoms with van der Waals surface area (Å²) < 4.78 is 0. The summed E-state index contributed by atoms with van der Waals surface area (Å²) in [7, 11) is 3.59. The zero-order chi connectivity index (χ0) is 19.6. The van der Waals surface area contributed by atoms with Gasteiger partial charge in [-0.05, 0) is 67.1 Å². The van der Waals surface area contributed by atoms with E-state index < -0.39 is 6.10 Å². The minimum absolute atomic E-state index is 0.00897. The Hall–Kier alpha value is -1.36. The fourth-order valence-corrected chi connectivity index (χ4v) is 7.41. The van der Waals surface area contributed by atoms with Gasteiger partial charge < -0.3 is 15.3 Å². The molecule has 0 spiro atoms. The van der Waals surface area contributed by atoms with Gasteiger partial charge in [0.1, 0.15) is 0 Å². The van der Waals surface area contributed by atoms with E-state index in [9.17, 15) is 14.7 Å². The van der Waals surface area contributed by atoms with Crippen LogP contribution in [0.2, 0.25) is 0 Å². The number of nitrogens with zero attached hydrogens (tertiary/aromatic N) is 1. The number of nitrogens with one attached hydrogen (secondary N) is 1. The lowest BCUT2D eigenvalue weighted by molar-refractivity contribution is -0.143. The van der Waals surface area contributed by atoms with Crippen molar-refractivity contribution in [3.8, 4) is 0 Å². The summed E-state index contributed by atoms with van der Waals surface area (Å²) >= 11 is 0. The third kappa shape index (κ3) is 2.60. The van der Waals surface area contributed by atoms with Crippen molar-refractivity contribution in [3.63, 3.8) is 0 Å². The molecule has 3 fully saturated rings. The molecule has 5 heteroatoms. The highest BCUT2D eigenvalue weighted by atomic mass is 16.3. The lowest BCUT2D eigenvalue weighted by atomic mass is 9.47. The van der Waals surface area contributed by atoms with Crippen molar-refractivity contribution in [1.29, 1.82) is 0 Å². The SMILES string of the molecule is CNC(=O)[C@H]1CCC2C3CCC4=CC(=O)N(C)CC[C@]4(C)C3[C@@H](O)C[C@@]21C. The maximum Gasteiger partial charge on any atom is 0.246 e. The van der Waals surface area contributed by atoms with Gasteiger partial charge in [-0.2, -0.15) is 0 Å². The zero-order valence-corrected chi connectivity index (χ0v) is 17.1. The topological polar surface area (TPSA) is 69.6 Å². The van der Waals surface area contributed by atoms with E-state index in [1.807, 2.05) is 18.0 Å². The second-order valence-electron chi connectivity index (χ2n) is 9.95. The summed E-state index contributed by atoms with van der Waals surface area (Å²) in [6.07, 6.45) is 7.04. The van der Waals surface area contributed by atoms with Crippen molar-refractivity contribution < 1.29 is 14.7 Å². The zero-order valence-electron chi connectivity index (χ0n) is 17.1. The van der Waals surface area contributed by atoms with E-state index in [4.69, 9.17) is 0 Å². The van der Waals surface area contributed by atoms with Crippen molar-refractivity contribution in [2.24, 2.45) is 34.5 Å². The lowest BCUT2D eigenvalue weighted by Gasteiger charge is -2.59. The molecule has 0 aromatic carbocycles. The lowest BCUT2D eigenvalue weighted by Crippen LogP contribution is -2.57. The third-order valence-electron chi connectivity index (χ3n) is 8.87. The van der Waals surface area contributed by atoms with E-state index >= 15 is 0 Å². The molecule has 2 N–H and O–H groups in total. The second-order valence-corrected chi connectivity index (χ2v) is 9.95. The van der Waals surface area contributed by atoms with E-state index in [-0.39, 0.29) is 34.5 Å². The predicted octanol–water partition coefficient (Wildman–Crippen LogP) is 2.35. The van der Waals surface area contributed by atoms with Crippen LogP contribution in [0.4, 0.5) is 0 Å². The van der Waals surface area contributed by atoms with Crippen molar-refractivity contribution >= 4 is 11.8 Å². The van der Waals surface area contributed by atoms with Gasteiger partial charge in [0, 0.05) is 32.6 Å². The molecule has 0 radical (unpaired) electrons. The second kappa shape index (κ2) is 6.33. The number of hydrogen-bond donors (Lipinski definition) is 2. The van der Waals surface area contributed by atoms with Gasteiger partial charge in [0.15, 0.2) is 0 Å². The first kappa shape index (κ1) is 19.0. The number of likely N-dealkylation sites (N-methyl/N-ethyl adjacent to an activating group) is 1. The van der Waals surface area contributed by atoms with Gasteiger partial charge in [0.25, 0.3) is 0 Å². The molecule has 0 aromatic rings. The fourth-order valence-electron chi connectivity index (χ4n) is 7.41. The Morgan fingerprint density at radius 3 is 2.74 bits per heavy atom. The molecule has 5 nitrogen and oxygen atoms in total. The minimum Gasteiger partial charge on any atom is -0.393 e. The Kier molecular flexibility index (Phi) is 4.45. The van der Waals surface area contributed by atoms with Crippen molar-refractivity contribution in [2.45, 2.75) is 58.5 Å². The van der Waals surface area contributed by atoms with Crippen LogP contribution in [0, 0.1) is 34.5 Å². The Bertz CT molecular complexity index is 689. The minimum atomic E-state index is -0.409. The average Bonchev–Trinajstić information content (AvgIpc) is 2.91. The average molecular weight is 375 g/mol. The van der Waals surface area contributed by atoms with Gasteiger partial charge in [-0.3, -0.25) is 9.59 Å². The van der Waals surface area contributed by atoms with Crippen molar-refractivity contribution in [1.82, 2.24) is 10.2 Å². The number of amides is 2. The fraction of sp³-hybridized carbons (Fsp3) is 0.818. The molecule has 3 aliphatic carbocycles. The van der Waals surface area contributed by atoms with Crippen LogP contribution in [0.1, 0.15) is 52.4 Å². The monoisotopic (exact) mass is 374 g/mol. The van der Waals surface area contributed by atoms with Gasteiger partial charge >= 0.3 is 0 Å². The number of allylic oxidation sites excluding steroid dienone is 1. The van der Waals surface area contributed by atoms with E-state index in [1.165, 1.54) is 5.57 Å². The van der Waals surface area contributed by atoms with E-state index in [2.05, 4.69) is 19.2 Å². The Morgan fingerprint density at radius 1 is 1.30 bits per heavy atom. The van der Waals surface area contributed by atoms with Gasteiger partial charge in [-0.1, -0.05) is 19.4 Å². The highest BCUT2D eigenvalue weighted by Crippen LogP contribution is 2.66. The number of fused-ring (bicyclic) bond motifs is 5. The van der Waals surface area contributed by atoms with Gasteiger partial charge in [0.2, 0.25) is 11.8 Å². The highest BCUT2D eigenvalue weighted by Gasteiger charge is 2.62.